The Hall–Kier alpha value is -4.76. The van der Waals surface area contributed by atoms with E-state index in [4.69, 9.17) is 18.9 Å². The van der Waals surface area contributed by atoms with E-state index in [1.807, 2.05) is 30.3 Å². The molecule has 258 valence electrons. The number of methoxy groups -OCH3 is 2. The maximum Gasteiger partial charge on any atom is 0.412 e. The van der Waals surface area contributed by atoms with Gasteiger partial charge in [-0.1, -0.05) is 42.5 Å². The molecule has 2 atom stereocenters. The lowest BCUT2D eigenvalue weighted by molar-refractivity contribution is -0.407. The van der Waals surface area contributed by atoms with Gasteiger partial charge >= 0.3 is 24.1 Å². The van der Waals surface area contributed by atoms with Gasteiger partial charge in [0.1, 0.15) is 6.61 Å². The number of quaternary nitrogens is 2. The first-order chi connectivity index (χ1) is 21.5. The number of rotatable bonds is 11. The number of aromatic hydroxyl groups is 1. The van der Waals surface area contributed by atoms with Crippen molar-refractivity contribution in [2.75, 3.05) is 28.3 Å². The van der Waals surface area contributed by atoms with E-state index in [-0.39, 0.29) is 42.3 Å². The molecule has 0 fully saturated rings. The summed E-state index contributed by atoms with van der Waals surface area (Å²) >= 11 is 0. The maximum atomic E-state index is 11.6. The van der Waals surface area contributed by atoms with Crippen LogP contribution in [-0.4, -0.2) is 69.6 Å². The van der Waals surface area contributed by atoms with Gasteiger partial charge in [-0.15, -0.1) is 0 Å². The molecule has 14 nitrogen and oxygen atoms in total. The highest BCUT2D eigenvalue weighted by atomic mass is 35.5. The van der Waals surface area contributed by atoms with E-state index in [1.165, 1.54) is 40.4 Å². The second kappa shape index (κ2) is 21.9. The molecule has 47 heavy (non-hydrogen) atoms. The van der Waals surface area contributed by atoms with Crippen LogP contribution in [0.2, 0.25) is 0 Å². The van der Waals surface area contributed by atoms with Gasteiger partial charge in [-0.25, -0.2) is 19.2 Å². The van der Waals surface area contributed by atoms with Crippen molar-refractivity contribution < 1.29 is 84.3 Å². The normalized spacial score (nSPS) is 10.9. The van der Waals surface area contributed by atoms with Crippen LogP contribution < -0.4 is 61.1 Å². The SMILES string of the molecule is CNC(=O)Oc1ccc(C[C@H]([NH3+])C(=O)OC)cc1O.CNC(=O)Oc1ccc(C[C@H]([NH3+])C(=O)OC)cc1OCc1ccccc1.[Cl-].[Cl-]. The first-order valence-corrected chi connectivity index (χ1v) is 13.7. The third-order valence-corrected chi connectivity index (χ3v) is 6.12. The molecule has 2 amide bonds. The molecule has 0 bridgehead atoms. The molecular weight excluding hydrogens is 659 g/mol. The van der Waals surface area contributed by atoms with Crippen LogP contribution in [0.5, 0.6) is 23.0 Å². The molecule has 0 aliphatic carbocycles. The highest BCUT2D eigenvalue weighted by Crippen LogP contribution is 2.30. The van der Waals surface area contributed by atoms with Crippen LogP contribution in [0.25, 0.3) is 0 Å². The highest BCUT2D eigenvalue weighted by Gasteiger charge is 2.21. The Bertz CT molecular complexity index is 1450. The molecule has 0 aromatic heterocycles. The van der Waals surface area contributed by atoms with E-state index >= 15 is 0 Å². The molecule has 0 heterocycles. The summed E-state index contributed by atoms with van der Waals surface area (Å²) in [6.07, 6.45) is -0.561. The molecule has 0 unspecified atom stereocenters. The molecule has 0 saturated heterocycles. The number of carbonyl (C=O) groups excluding carboxylic acids is 4. The second-order valence-corrected chi connectivity index (χ2v) is 9.48. The molecule has 0 radical (unpaired) electrons. The van der Waals surface area contributed by atoms with Crippen LogP contribution in [0.4, 0.5) is 9.59 Å². The minimum absolute atomic E-state index is 0. The topological polar surface area (TPSA) is 214 Å². The zero-order valence-electron chi connectivity index (χ0n) is 26.4. The van der Waals surface area contributed by atoms with Crippen molar-refractivity contribution in [3.05, 3.63) is 83.4 Å². The summed E-state index contributed by atoms with van der Waals surface area (Å²) in [5.74, 6) is -0.248. The third kappa shape index (κ3) is 14.5. The maximum absolute atomic E-state index is 11.6. The van der Waals surface area contributed by atoms with E-state index < -0.39 is 30.2 Å². The first kappa shape index (κ1) is 42.2. The number of esters is 2. The average Bonchev–Trinajstić information content (AvgIpc) is 3.05. The molecule has 0 aliphatic rings. The van der Waals surface area contributed by atoms with E-state index in [0.717, 1.165) is 11.1 Å². The number of amides is 2. The average molecular weight is 700 g/mol. The van der Waals surface area contributed by atoms with Crippen LogP contribution in [0, 0.1) is 0 Å². The number of carbonyl (C=O) groups is 4. The fourth-order valence-corrected chi connectivity index (χ4v) is 3.76. The van der Waals surface area contributed by atoms with Crippen molar-refractivity contribution in [2.24, 2.45) is 0 Å². The van der Waals surface area contributed by atoms with Gasteiger partial charge in [0.25, 0.3) is 0 Å². The number of phenols is 1. The van der Waals surface area contributed by atoms with Gasteiger partial charge in [0, 0.05) is 26.9 Å². The van der Waals surface area contributed by atoms with Crippen molar-refractivity contribution in [3.8, 4) is 23.0 Å². The third-order valence-electron chi connectivity index (χ3n) is 6.12. The molecule has 0 spiro atoms. The summed E-state index contributed by atoms with van der Waals surface area (Å²) in [6.45, 7) is 0.319. The molecule has 16 heteroatoms. The van der Waals surface area contributed by atoms with Gasteiger partial charge in [-0.05, 0) is 41.0 Å². The molecule has 9 N–H and O–H groups in total. The summed E-state index contributed by atoms with van der Waals surface area (Å²) in [6, 6.07) is 18.2. The van der Waals surface area contributed by atoms with Crippen LogP contribution in [0.3, 0.4) is 0 Å². The fourth-order valence-electron chi connectivity index (χ4n) is 3.76. The van der Waals surface area contributed by atoms with Crippen LogP contribution in [0.15, 0.2) is 66.7 Å². The number of phenolic OH excluding ortho intramolecular Hbond substituents is 1. The molecule has 3 aromatic carbocycles. The lowest BCUT2D eigenvalue weighted by atomic mass is 10.1. The lowest BCUT2D eigenvalue weighted by Crippen LogP contribution is -3.00. The number of halogens is 2. The second-order valence-electron chi connectivity index (χ2n) is 9.48. The van der Waals surface area contributed by atoms with E-state index in [9.17, 15) is 24.3 Å². The minimum atomic E-state index is -0.673. The number of hydrogen-bond donors (Lipinski definition) is 5. The zero-order chi connectivity index (χ0) is 33.4. The molecule has 0 saturated carbocycles. The quantitative estimate of drug-likeness (QED) is 0.120. The Morgan fingerprint density at radius 1 is 0.681 bits per heavy atom. The van der Waals surface area contributed by atoms with Gasteiger partial charge in [-0.2, -0.15) is 0 Å². The zero-order valence-corrected chi connectivity index (χ0v) is 27.9. The molecule has 3 aromatic rings. The van der Waals surface area contributed by atoms with E-state index in [2.05, 4.69) is 26.8 Å². The Balaban J connectivity index is 0.000000904. The summed E-state index contributed by atoms with van der Waals surface area (Å²) in [4.78, 5) is 45.3. The fraction of sp³-hybridized carbons (Fsp3) is 0.290. The summed E-state index contributed by atoms with van der Waals surface area (Å²) in [5.41, 5.74) is 9.96. The van der Waals surface area contributed by atoms with Gasteiger partial charge in [-0.3, -0.25) is 0 Å². The lowest BCUT2D eigenvalue weighted by Gasteiger charge is -2.14. The molecule has 3 rings (SSSR count). The smallest absolute Gasteiger partial charge is 0.412 e. The van der Waals surface area contributed by atoms with Crippen molar-refractivity contribution in [2.45, 2.75) is 31.5 Å². The van der Waals surface area contributed by atoms with E-state index in [0.29, 0.717) is 36.5 Å². The van der Waals surface area contributed by atoms with Crippen LogP contribution >= 0.6 is 0 Å². The highest BCUT2D eigenvalue weighted by molar-refractivity contribution is 5.75. The largest absolute Gasteiger partial charge is 1.00 e. The summed E-state index contributed by atoms with van der Waals surface area (Å²) in [5, 5.41) is 14.4. The van der Waals surface area contributed by atoms with Crippen LogP contribution in [-0.2, 0) is 38.5 Å². The number of nitrogens with one attached hydrogen (secondary N) is 2. The van der Waals surface area contributed by atoms with Crippen molar-refractivity contribution in [3.63, 3.8) is 0 Å². The number of hydrogen-bond acceptors (Lipinski definition) is 10. The Labute approximate surface area is 284 Å². The van der Waals surface area contributed by atoms with Gasteiger partial charge in [0.05, 0.1) is 14.2 Å². The predicted molar refractivity (Wildman–Crippen MR) is 160 cm³/mol. The number of ether oxygens (including phenoxy) is 5. The van der Waals surface area contributed by atoms with Gasteiger partial charge in [0.2, 0.25) is 0 Å². The first-order valence-electron chi connectivity index (χ1n) is 13.7. The standard InChI is InChI=1S/C19H22N2O5.C12H16N2O5.2ClH/c1-21-19(23)26-16-9-8-14(10-15(20)18(22)24-2)11-17(16)25-12-13-6-4-3-5-7-13;1-14-12(17)19-10-4-3-7(6-9(10)15)5-8(13)11(16)18-2;;/h3-9,11,15H,10,12,20H2,1-2H3,(H,21,23);3-4,6,8,15H,5,13H2,1-2H3,(H,14,17);2*1H/t15-;8-;;/m00../s1. The van der Waals surface area contributed by atoms with Gasteiger partial charge < -0.3 is 75.7 Å². The van der Waals surface area contributed by atoms with Crippen molar-refractivity contribution in [1.82, 2.24) is 10.6 Å². The monoisotopic (exact) mass is 698 g/mol. The Kier molecular flexibility index (Phi) is 19.7. The minimum Gasteiger partial charge on any atom is -1.00 e. The van der Waals surface area contributed by atoms with E-state index in [1.54, 1.807) is 24.3 Å². The predicted octanol–water partition coefficient (Wildman–Crippen LogP) is -5.25. The number of benzene rings is 3. The van der Waals surface area contributed by atoms with Crippen LogP contribution in [0.1, 0.15) is 16.7 Å². The molecular formula is C31H40Cl2N4O10. The van der Waals surface area contributed by atoms with Crippen molar-refractivity contribution >= 4 is 24.1 Å². The summed E-state index contributed by atoms with van der Waals surface area (Å²) in [7, 11) is 5.51. The Morgan fingerprint density at radius 2 is 1.15 bits per heavy atom. The summed E-state index contributed by atoms with van der Waals surface area (Å²) < 4.78 is 25.1. The Morgan fingerprint density at radius 3 is 1.62 bits per heavy atom. The van der Waals surface area contributed by atoms with Gasteiger partial charge in [0.15, 0.2) is 35.1 Å². The molecule has 0 aliphatic heterocycles. The van der Waals surface area contributed by atoms with Crippen molar-refractivity contribution in [1.29, 1.82) is 0 Å².